The highest BCUT2D eigenvalue weighted by atomic mass is 19.1. The van der Waals surface area contributed by atoms with Crippen molar-refractivity contribution in [1.82, 2.24) is 4.98 Å². The van der Waals surface area contributed by atoms with Crippen LogP contribution in [0, 0.1) is 5.82 Å². The first-order valence-electron chi connectivity index (χ1n) is 5.67. The van der Waals surface area contributed by atoms with Gasteiger partial charge in [0.25, 0.3) is 5.56 Å². The number of aromatic amines is 1. The summed E-state index contributed by atoms with van der Waals surface area (Å²) in [6.45, 7) is 0. The lowest BCUT2D eigenvalue weighted by Crippen LogP contribution is -2.22. The van der Waals surface area contributed by atoms with Crippen LogP contribution in [-0.2, 0) is 6.42 Å². The minimum Gasteiger partial charge on any atom is -0.413 e. The van der Waals surface area contributed by atoms with Crippen LogP contribution in [0.1, 0.15) is 29.2 Å². The Kier molecular flexibility index (Phi) is 2.40. The van der Waals surface area contributed by atoms with Gasteiger partial charge in [-0.2, -0.15) is 0 Å². The van der Waals surface area contributed by atoms with Gasteiger partial charge in [0, 0.05) is 5.92 Å². The van der Waals surface area contributed by atoms with Gasteiger partial charge < -0.3 is 4.42 Å². The molecule has 92 valence electrons. The highest BCUT2D eigenvalue weighted by Gasteiger charge is 2.29. The summed E-state index contributed by atoms with van der Waals surface area (Å²) in [7, 11) is 0. The fourth-order valence-electron chi connectivity index (χ4n) is 2.42. The summed E-state index contributed by atoms with van der Waals surface area (Å²) in [6.07, 6.45) is 1.26. The van der Waals surface area contributed by atoms with Gasteiger partial charge in [0.1, 0.15) is 11.6 Å². The quantitative estimate of drug-likeness (QED) is 0.831. The Morgan fingerprint density at radius 2 is 1.94 bits per heavy atom. The molecule has 0 fully saturated rings. The van der Waals surface area contributed by atoms with E-state index in [1.807, 2.05) is 0 Å². The molecule has 1 aliphatic carbocycles. The summed E-state index contributed by atoms with van der Waals surface area (Å²) in [6, 6.07) is 6.02. The van der Waals surface area contributed by atoms with Crippen LogP contribution in [0.5, 0.6) is 0 Å². The van der Waals surface area contributed by atoms with Gasteiger partial charge in [0.05, 0.1) is 5.56 Å². The number of nitrogens with one attached hydrogen (secondary N) is 1. The maximum atomic E-state index is 12.9. The van der Waals surface area contributed by atoms with Gasteiger partial charge in [-0.1, -0.05) is 12.1 Å². The van der Waals surface area contributed by atoms with E-state index >= 15 is 0 Å². The third kappa shape index (κ3) is 1.68. The van der Waals surface area contributed by atoms with Crippen molar-refractivity contribution in [3.63, 3.8) is 0 Å². The third-order valence-corrected chi connectivity index (χ3v) is 3.26. The van der Waals surface area contributed by atoms with E-state index in [2.05, 4.69) is 4.98 Å². The van der Waals surface area contributed by atoms with Crippen LogP contribution in [0.3, 0.4) is 0 Å². The second-order valence-corrected chi connectivity index (χ2v) is 4.33. The smallest absolute Gasteiger partial charge is 0.413 e. The molecule has 3 rings (SSSR count). The van der Waals surface area contributed by atoms with E-state index < -0.39 is 5.76 Å². The van der Waals surface area contributed by atoms with E-state index in [1.54, 1.807) is 12.1 Å². The van der Waals surface area contributed by atoms with Crippen LogP contribution in [0.25, 0.3) is 0 Å². The molecule has 0 radical (unpaired) electrons. The first kappa shape index (κ1) is 11.0. The summed E-state index contributed by atoms with van der Waals surface area (Å²) in [5.74, 6) is -0.789. The Morgan fingerprint density at radius 3 is 2.67 bits per heavy atom. The van der Waals surface area contributed by atoms with Crippen molar-refractivity contribution < 1.29 is 8.81 Å². The van der Waals surface area contributed by atoms with Crippen LogP contribution < -0.4 is 11.3 Å². The lowest BCUT2D eigenvalue weighted by atomic mass is 9.97. The fourth-order valence-corrected chi connectivity index (χ4v) is 2.42. The Balaban J connectivity index is 2.12. The molecule has 1 unspecified atom stereocenters. The number of hydrogen-bond donors (Lipinski definition) is 1. The maximum Gasteiger partial charge on any atom is 0.419 e. The fraction of sp³-hybridized carbons (Fsp3) is 0.231. The number of hydrogen-bond acceptors (Lipinski definition) is 3. The SMILES string of the molecule is O=c1[nH]c(=O)c2c(o1)C(c1ccc(F)cc1)CC2. The zero-order valence-corrected chi connectivity index (χ0v) is 9.40. The standard InChI is InChI=1S/C13H10FNO3/c14-8-3-1-7(2-4-8)9-5-6-10-11(9)18-13(17)15-12(10)16/h1-4,9H,5-6H2,(H,15,16,17). The zero-order chi connectivity index (χ0) is 12.7. The van der Waals surface area contributed by atoms with Gasteiger partial charge in [-0.05, 0) is 30.5 Å². The molecule has 5 heteroatoms. The number of fused-ring (bicyclic) bond motifs is 1. The molecule has 1 heterocycles. The minimum atomic E-state index is -0.743. The first-order valence-corrected chi connectivity index (χ1v) is 5.67. The first-order chi connectivity index (χ1) is 8.65. The number of aromatic nitrogens is 1. The molecule has 18 heavy (non-hydrogen) atoms. The highest BCUT2D eigenvalue weighted by molar-refractivity contribution is 5.35. The van der Waals surface area contributed by atoms with Gasteiger partial charge in [0.15, 0.2) is 0 Å². The van der Waals surface area contributed by atoms with Gasteiger partial charge in [-0.25, -0.2) is 9.18 Å². The van der Waals surface area contributed by atoms with Gasteiger partial charge in [0.2, 0.25) is 0 Å². The highest BCUT2D eigenvalue weighted by Crippen LogP contribution is 2.35. The lowest BCUT2D eigenvalue weighted by molar-refractivity contribution is 0.425. The number of H-pyrrole nitrogens is 1. The number of benzene rings is 1. The third-order valence-electron chi connectivity index (χ3n) is 3.26. The molecule has 2 aromatic rings. The summed E-state index contributed by atoms with van der Waals surface area (Å²) in [5, 5.41) is 0. The topological polar surface area (TPSA) is 63.1 Å². The second-order valence-electron chi connectivity index (χ2n) is 4.33. The molecule has 1 N–H and O–H groups in total. The summed E-state index contributed by atoms with van der Waals surface area (Å²) in [5.41, 5.74) is 0.985. The Hall–Kier alpha value is -2.17. The normalized spacial score (nSPS) is 17.7. The molecule has 1 atom stereocenters. The predicted octanol–water partition coefficient (Wildman–Crippen LogP) is 1.55. The zero-order valence-electron chi connectivity index (χ0n) is 9.40. The van der Waals surface area contributed by atoms with Crippen LogP contribution in [-0.4, -0.2) is 4.98 Å². The van der Waals surface area contributed by atoms with Crippen molar-refractivity contribution in [2.45, 2.75) is 18.8 Å². The number of rotatable bonds is 1. The van der Waals surface area contributed by atoms with Gasteiger partial charge in [-0.3, -0.25) is 9.78 Å². The van der Waals surface area contributed by atoms with Crippen LogP contribution in [0.15, 0.2) is 38.3 Å². The van der Waals surface area contributed by atoms with E-state index in [4.69, 9.17) is 4.42 Å². The molecule has 4 nitrogen and oxygen atoms in total. The lowest BCUT2D eigenvalue weighted by Gasteiger charge is -2.09. The maximum absolute atomic E-state index is 12.9. The summed E-state index contributed by atoms with van der Waals surface area (Å²) in [4.78, 5) is 24.9. The molecular formula is C13H10FNO3. The van der Waals surface area contributed by atoms with Gasteiger partial charge in [-0.15, -0.1) is 0 Å². The van der Waals surface area contributed by atoms with Crippen molar-refractivity contribution in [3.05, 3.63) is 67.9 Å². The van der Waals surface area contributed by atoms with Crippen LogP contribution >= 0.6 is 0 Å². The minimum absolute atomic E-state index is 0.143. The van der Waals surface area contributed by atoms with Crippen molar-refractivity contribution in [1.29, 1.82) is 0 Å². The molecule has 0 spiro atoms. The summed E-state index contributed by atoms with van der Waals surface area (Å²) < 4.78 is 18.0. The van der Waals surface area contributed by atoms with Crippen molar-refractivity contribution in [2.24, 2.45) is 0 Å². The van der Waals surface area contributed by atoms with E-state index in [-0.39, 0.29) is 17.3 Å². The molecule has 1 aromatic carbocycles. The van der Waals surface area contributed by atoms with Crippen molar-refractivity contribution >= 4 is 0 Å². The monoisotopic (exact) mass is 247 g/mol. The molecule has 0 bridgehead atoms. The second kappa shape index (κ2) is 3.94. The average Bonchev–Trinajstić information content (AvgIpc) is 2.74. The Morgan fingerprint density at radius 1 is 1.22 bits per heavy atom. The van der Waals surface area contributed by atoms with E-state index in [0.29, 0.717) is 24.2 Å². The molecular weight excluding hydrogens is 237 g/mol. The van der Waals surface area contributed by atoms with Crippen molar-refractivity contribution in [2.75, 3.05) is 0 Å². The van der Waals surface area contributed by atoms with Crippen LogP contribution in [0.4, 0.5) is 4.39 Å². The molecule has 0 amide bonds. The van der Waals surface area contributed by atoms with Crippen molar-refractivity contribution in [3.8, 4) is 0 Å². The summed E-state index contributed by atoms with van der Waals surface area (Å²) >= 11 is 0. The van der Waals surface area contributed by atoms with E-state index in [0.717, 1.165) is 5.56 Å². The van der Waals surface area contributed by atoms with Crippen LogP contribution in [0.2, 0.25) is 0 Å². The average molecular weight is 247 g/mol. The Labute approximate surface area is 101 Å². The number of halogens is 1. The molecule has 0 saturated heterocycles. The molecule has 0 aliphatic heterocycles. The molecule has 1 aliphatic rings. The predicted molar refractivity (Wildman–Crippen MR) is 62.2 cm³/mol. The molecule has 1 aromatic heterocycles. The Bertz CT molecular complexity index is 699. The van der Waals surface area contributed by atoms with E-state index in [9.17, 15) is 14.0 Å². The van der Waals surface area contributed by atoms with E-state index in [1.165, 1.54) is 12.1 Å². The van der Waals surface area contributed by atoms with Gasteiger partial charge >= 0.3 is 5.76 Å². The largest absolute Gasteiger partial charge is 0.419 e. The molecule has 0 saturated carbocycles.